The van der Waals surface area contributed by atoms with E-state index in [0.29, 0.717) is 13.2 Å². The molecule has 0 spiro atoms. The van der Waals surface area contributed by atoms with Gasteiger partial charge in [0.05, 0.1) is 6.54 Å². The van der Waals surface area contributed by atoms with Crippen molar-refractivity contribution in [2.75, 3.05) is 13.2 Å². The molecule has 1 N–H and O–H groups in total. The molecule has 0 fully saturated rings. The predicted molar refractivity (Wildman–Crippen MR) is 86.8 cm³/mol. The number of carbonyl (C=O) groups is 1. The molecule has 2 aromatic rings. The Bertz CT molecular complexity index is 704. The minimum Gasteiger partial charge on any atom is -0.491 e. The Kier molecular flexibility index (Phi) is 6.12. The third kappa shape index (κ3) is 5.22. The molecule has 0 radical (unpaired) electrons. The summed E-state index contributed by atoms with van der Waals surface area (Å²) >= 11 is 0. The van der Waals surface area contributed by atoms with Gasteiger partial charge in [-0.25, -0.2) is 0 Å². The van der Waals surface area contributed by atoms with E-state index in [1.807, 2.05) is 32.0 Å². The molecule has 0 saturated heterocycles. The van der Waals surface area contributed by atoms with Gasteiger partial charge < -0.3 is 14.8 Å². The van der Waals surface area contributed by atoms with Gasteiger partial charge in [0.15, 0.2) is 0 Å². The number of nitrogens with one attached hydrogen (secondary N) is 1. The fourth-order valence-corrected chi connectivity index (χ4v) is 2.20. The van der Waals surface area contributed by atoms with Crippen molar-refractivity contribution in [2.45, 2.75) is 20.5 Å². The summed E-state index contributed by atoms with van der Waals surface area (Å²) in [5.74, 6) is 0.338. The predicted octanol–water partition coefficient (Wildman–Crippen LogP) is 3.71. The number of carbonyl (C=O) groups excluding carboxylic acids is 1. The Morgan fingerprint density at radius 3 is 2.67 bits per heavy atom. The summed E-state index contributed by atoms with van der Waals surface area (Å²) in [5.41, 5.74) is 2.43. The second-order valence-corrected chi connectivity index (χ2v) is 5.28. The first-order valence-corrected chi connectivity index (χ1v) is 7.49. The smallest absolute Gasteiger partial charge is 0.387 e. The van der Waals surface area contributed by atoms with Crippen LogP contribution in [0, 0.1) is 13.8 Å². The van der Waals surface area contributed by atoms with Crippen molar-refractivity contribution < 1.29 is 23.0 Å². The molecule has 2 rings (SSSR count). The van der Waals surface area contributed by atoms with Crippen LogP contribution in [0.25, 0.3) is 0 Å². The molecule has 0 heterocycles. The Labute approximate surface area is 139 Å². The van der Waals surface area contributed by atoms with Crippen molar-refractivity contribution in [1.82, 2.24) is 5.32 Å². The van der Waals surface area contributed by atoms with Crippen molar-refractivity contribution in [3.8, 4) is 11.5 Å². The lowest BCUT2D eigenvalue weighted by Crippen LogP contribution is -2.28. The summed E-state index contributed by atoms with van der Waals surface area (Å²) in [6, 6.07) is 11.5. The van der Waals surface area contributed by atoms with E-state index in [0.717, 1.165) is 16.9 Å². The summed E-state index contributed by atoms with van der Waals surface area (Å²) in [7, 11) is 0. The number of benzene rings is 2. The van der Waals surface area contributed by atoms with Gasteiger partial charge >= 0.3 is 6.61 Å². The molecular weight excluding hydrogens is 316 g/mol. The fourth-order valence-electron chi connectivity index (χ4n) is 2.20. The molecule has 0 aromatic heterocycles. The summed E-state index contributed by atoms with van der Waals surface area (Å²) in [5, 5.41) is 2.67. The minimum atomic E-state index is -2.92. The molecule has 0 unspecified atom stereocenters. The summed E-state index contributed by atoms with van der Waals surface area (Å²) in [6.45, 7) is 1.64. The van der Waals surface area contributed by atoms with E-state index >= 15 is 0 Å². The van der Waals surface area contributed by atoms with Crippen LogP contribution in [0.2, 0.25) is 0 Å². The van der Waals surface area contributed by atoms with E-state index in [2.05, 4.69) is 10.1 Å². The van der Waals surface area contributed by atoms with Gasteiger partial charge in [-0.3, -0.25) is 4.79 Å². The highest BCUT2D eigenvalue weighted by molar-refractivity contribution is 5.94. The zero-order chi connectivity index (χ0) is 17.5. The summed E-state index contributed by atoms with van der Waals surface area (Å²) in [4.78, 5) is 12.0. The first kappa shape index (κ1) is 17.7. The zero-order valence-electron chi connectivity index (χ0n) is 13.5. The lowest BCUT2D eigenvalue weighted by atomic mass is 10.1. The number of hydrogen-bond acceptors (Lipinski definition) is 3. The van der Waals surface area contributed by atoms with Crippen molar-refractivity contribution >= 4 is 5.91 Å². The van der Waals surface area contributed by atoms with E-state index in [1.165, 1.54) is 24.3 Å². The number of ether oxygens (including phenoxy) is 2. The summed E-state index contributed by atoms with van der Waals surface area (Å²) < 4.78 is 34.3. The van der Waals surface area contributed by atoms with E-state index in [-0.39, 0.29) is 17.2 Å². The second kappa shape index (κ2) is 8.29. The van der Waals surface area contributed by atoms with Crippen molar-refractivity contribution in [2.24, 2.45) is 0 Å². The van der Waals surface area contributed by atoms with Crippen LogP contribution in [0.15, 0.2) is 42.5 Å². The highest BCUT2D eigenvalue weighted by Gasteiger charge is 2.09. The summed E-state index contributed by atoms with van der Waals surface area (Å²) in [6.07, 6.45) is 0. The Hall–Kier alpha value is -2.63. The van der Waals surface area contributed by atoms with Crippen LogP contribution in [-0.2, 0) is 0 Å². The molecule has 1 amide bonds. The Balaban J connectivity index is 1.83. The second-order valence-electron chi connectivity index (χ2n) is 5.28. The van der Waals surface area contributed by atoms with Crippen LogP contribution in [0.4, 0.5) is 8.78 Å². The topological polar surface area (TPSA) is 47.6 Å². The average molecular weight is 335 g/mol. The standard InChI is InChI=1S/C18H19F2NO3/c1-12-6-7-16(13(2)10-12)23-9-8-21-17(22)14-4-3-5-15(11-14)24-18(19)20/h3-7,10-11,18H,8-9H2,1-2H3,(H,21,22). The van der Waals surface area contributed by atoms with Crippen molar-refractivity contribution in [1.29, 1.82) is 0 Å². The largest absolute Gasteiger partial charge is 0.491 e. The Morgan fingerprint density at radius 1 is 1.17 bits per heavy atom. The van der Waals surface area contributed by atoms with Gasteiger partial charge in [0.25, 0.3) is 5.91 Å². The van der Waals surface area contributed by atoms with Gasteiger partial charge in [-0.1, -0.05) is 23.8 Å². The molecule has 0 bridgehead atoms. The van der Waals surface area contributed by atoms with Crippen LogP contribution in [0.5, 0.6) is 11.5 Å². The SMILES string of the molecule is Cc1ccc(OCCNC(=O)c2cccc(OC(F)F)c2)c(C)c1. The molecule has 2 aromatic carbocycles. The van der Waals surface area contributed by atoms with Gasteiger partial charge in [0.2, 0.25) is 0 Å². The molecule has 0 aliphatic heterocycles. The van der Waals surface area contributed by atoms with E-state index < -0.39 is 6.61 Å². The van der Waals surface area contributed by atoms with Gasteiger partial charge in [-0.2, -0.15) is 8.78 Å². The maximum Gasteiger partial charge on any atom is 0.387 e. The third-order valence-corrected chi connectivity index (χ3v) is 3.30. The molecule has 128 valence electrons. The van der Waals surface area contributed by atoms with Crippen LogP contribution in [0.1, 0.15) is 21.5 Å². The number of rotatable bonds is 7. The maximum absolute atomic E-state index is 12.2. The fraction of sp³-hybridized carbons (Fsp3) is 0.278. The van der Waals surface area contributed by atoms with Crippen LogP contribution in [0.3, 0.4) is 0 Å². The monoisotopic (exact) mass is 335 g/mol. The van der Waals surface area contributed by atoms with Crippen LogP contribution in [-0.4, -0.2) is 25.7 Å². The highest BCUT2D eigenvalue weighted by atomic mass is 19.3. The van der Waals surface area contributed by atoms with Gasteiger partial charge in [-0.05, 0) is 43.7 Å². The third-order valence-electron chi connectivity index (χ3n) is 3.30. The lowest BCUT2D eigenvalue weighted by Gasteiger charge is -2.11. The molecular formula is C18H19F2NO3. The quantitative estimate of drug-likeness (QED) is 0.785. The van der Waals surface area contributed by atoms with Crippen LogP contribution >= 0.6 is 0 Å². The molecule has 0 saturated carbocycles. The molecule has 0 aliphatic carbocycles. The highest BCUT2D eigenvalue weighted by Crippen LogP contribution is 2.18. The zero-order valence-corrected chi connectivity index (χ0v) is 13.5. The molecule has 0 atom stereocenters. The minimum absolute atomic E-state index is 0.0517. The number of amides is 1. The van der Waals surface area contributed by atoms with Gasteiger partial charge in [0.1, 0.15) is 18.1 Å². The first-order valence-electron chi connectivity index (χ1n) is 7.49. The van der Waals surface area contributed by atoms with E-state index in [9.17, 15) is 13.6 Å². The number of hydrogen-bond donors (Lipinski definition) is 1. The van der Waals surface area contributed by atoms with Crippen molar-refractivity contribution in [3.05, 3.63) is 59.2 Å². The molecule has 6 heteroatoms. The van der Waals surface area contributed by atoms with Gasteiger partial charge in [0, 0.05) is 5.56 Å². The maximum atomic E-state index is 12.2. The van der Waals surface area contributed by atoms with Crippen LogP contribution < -0.4 is 14.8 Å². The lowest BCUT2D eigenvalue weighted by molar-refractivity contribution is -0.0498. The molecule has 4 nitrogen and oxygen atoms in total. The molecule has 24 heavy (non-hydrogen) atoms. The molecule has 0 aliphatic rings. The average Bonchev–Trinajstić information content (AvgIpc) is 2.52. The van der Waals surface area contributed by atoms with E-state index in [4.69, 9.17) is 4.74 Å². The Morgan fingerprint density at radius 2 is 1.96 bits per heavy atom. The van der Waals surface area contributed by atoms with Gasteiger partial charge in [-0.15, -0.1) is 0 Å². The van der Waals surface area contributed by atoms with Crippen molar-refractivity contribution in [3.63, 3.8) is 0 Å². The number of alkyl halides is 2. The number of halogens is 2. The number of aryl methyl sites for hydroxylation is 2. The first-order chi connectivity index (χ1) is 11.5. The van der Waals surface area contributed by atoms with E-state index in [1.54, 1.807) is 0 Å². The normalized spacial score (nSPS) is 10.5.